The monoisotopic (exact) mass is 425 g/mol. The predicted octanol–water partition coefficient (Wildman–Crippen LogP) is 3.54. The predicted molar refractivity (Wildman–Crippen MR) is 106 cm³/mol. The maximum absolute atomic E-state index is 12.9. The standard InChI is InChI=1S/C20H22F3N3O2S/c1-25(2)16(17-7-4-8-29-17)11-24-19(28)13-9-18(27)26(12-13)15-6-3-5-14(10-15)20(21,22)23/h3-8,10,13,16H,9,11-12H2,1-2H3,(H,24,28)/t13-,16-/m0/s1. The summed E-state index contributed by atoms with van der Waals surface area (Å²) in [5, 5.41) is 4.86. The van der Waals surface area contributed by atoms with Gasteiger partial charge in [0.2, 0.25) is 11.8 Å². The number of halogens is 3. The van der Waals surface area contributed by atoms with E-state index in [0.29, 0.717) is 6.54 Å². The molecule has 1 aliphatic heterocycles. The Hall–Kier alpha value is -2.39. The van der Waals surface area contributed by atoms with Crippen LogP contribution in [-0.4, -0.2) is 43.9 Å². The molecular weight excluding hydrogens is 403 g/mol. The van der Waals surface area contributed by atoms with Gasteiger partial charge in [-0.15, -0.1) is 11.3 Å². The number of rotatable bonds is 6. The molecule has 0 spiro atoms. The van der Waals surface area contributed by atoms with E-state index in [-0.39, 0.29) is 36.5 Å². The van der Waals surface area contributed by atoms with E-state index in [2.05, 4.69) is 5.32 Å². The Labute approximate surface area is 171 Å². The number of benzene rings is 1. The highest BCUT2D eigenvalue weighted by Gasteiger charge is 2.37. The molecule has 2 amide bonds. The van der Waals surface area contributed by atoms with Gasteiger partial charge < -0.3 is 15.1 Å². The van der Waals surface area contributed by atoms with E-state index in [1.807, 2.05) is 36.5 Å². The van der Waals surface area contributed by atoms with Crippen molar-refractivity contribution in [1.82, 2.24) is 10.2 Å². The Morgan fingerprint density at radius 2 is 2.07 bits per heavy atom. The van der Waals surface area contributed by atoms with Crippen molar-refractivity contribution in [2.75, 3.05) is 32.1 Å². The van der Waals surface area contributed by atoms with E-state index >= 15 is 0 Å². The van der Waals surface area contributed by atoms with Gasteiger partial charge in [0.1, 0.15) is 0 Å². The normalized spacial score (nSPS) is 18.3. The molecule has 0 unspecified atom stereocenters. The number of thiophene rings is 1. The molecule has 0 bridgehead atoms. The Kier molecular flexibility index (Phi) is 6.28. The van der Waals surface area contributed by atoms with Crippen LogP contribution in [-0.2, 0) is 15.8 Å². The quantitative estimate of drug-likeness (QED) is 0.770. The first kappa shape index (κ1) is 21.3. The summed E-state index contributed by atoms with van der Waals surface area (Å²) in [6.07, 6.45) is -4.51. The Balaban J connectivity index is 1.65. The first-order chi connectivity index (χ1) is 13.7. The minimum absolute atomic E-state index is 0.00984. The molecule has 1 aromatic heterocycles. The van der Waals surface area contributed by atoms with Crippen LogP contribution in [0.1, 0.15) is 22.9 Å². The number of likely N-dealkylation sites (N-methyl/N-ethyl adjacent to an activating group) is 1. The molecule has 2 aromatic rings. The summed E-state index contributed by atoms with van der Waals surface area (Å²) in [7, 11) is 3.84. The van der Waals surface area contributed by atoms with Gasteiger partial charge in [-0.1, -0.05) is 12.1 Å². The van der Waals surface area contributed by atoms with Gasteiger partial charge in [-0.3, -0.25) is 9.59 Å². The van der Waals surface area contributed by atoms with E-state index in [1.54, 1.807) is 11.3 Å². The van der Waals surface area contributed by atoms with Crippen LogP contribution in [0.25, 0.3) is 0 Å². The fraction of sp³-hybridized carbons (Fsp3) is 0.400. The lowest BCUT2D eigenvalue weighted by Crippen LogP contribution is -2.38. The molecule has 29 heavy (non-hydrogen) atoms. The summed E-state index contributed by atoms with van der Waals surface area (Å²) < 4.78 is 38.8. The fourth-order valence-electron chi connectivity index (χ4n) is 3.34. The van der Waals surface area contributed by atoms with Crippen LogP contribution in [0.3, 0.4) is 0 Å². The van der Waals surface area contributed by atoms with Crippen LogP contribution in [0.15, 0.2) is 41.8 Å². The first-order valence-corrected chi connectivity index (χ1v) is 10.00. The Morgan fingerprint density at radius 3 is 2.69 bits per heavy atom. The van der Waals surface area contributed by atoms with Crippen LogP contribution >= 0.6 is 11.3 Å². The highest BCUT2D eigenvalue weighted by atomic mass is 32.1. The van der Waals surface area contributed by atoms with Crippen molar-refractivity contribution < 1.29 is 22.8 Å². The van der Waals surface area contributed by atoms with Crippen molar-refractivity contribution in [2.45, 2.75) is 18.6 Å². The minimum Gasteiger partial charge on any atom is -0.354 e. The summed E-state index contributed by atoms with van der Waals surface area (Å²) in [6.45, 7) is 0.457. The fourth-order valence-corrected chi connectivity index (χ4v) is 4.27. The molecule has 0 saturated carbocycles. The molecule has 2 heterocycles. The zero-order valence-electron chi connectivity index (χ0n) is 16.1. The van der Waals surface area contributed by atoms with Crippen LogP contribution in [0.4, 0.5) is 18.9 Å². The van der Waals surface area contributed by atoms with Crippen molar-refractivity contribution in [3.05, 3.63) is 52.2 Å². The number of carbonyl (C=O) groups excluding carboxylic acids is 2. The van der Waals surface area contributed by atoms with Gasteiger partial charge in [0.15, 0.2) is 0 Å². The lowest BCUT2D eigenvalue weighted by Gasteiger charge is -2.24. The van der Waals surface area contributed by atoms with Crippen LogP contribution < -0.4 is 10.2 Å². The van der Waals surface area contributed by atoms with Gasteiger partial charge in [-0.25, -0.2) is 0 Å². The average Bonchev–Trinajstić information content (AvgIpc) is 3.31. The van der Waals surface area contributed by atoms with Crippen LogP contribution in [0, 0.1) is 5.92 Å². The zero-order chi connectivity index (χ0) is 21.2. The van der Waals surface area contributed by atoms with Crippen molar-refractivity contribution in [3.8, 4) is 0 Å². The van der Waals surface area contributed by atoms with Crippen molar-refractivity contribution in [2.24, 2.45) is 5.92 Å². The highest BCUT2D eigenvalue weighted by molar-refractivity contribution is 7.10. The van der Waals surface area contributed by atoms with Gasteiger partial charge >= 0.3 is 6.18 Å². The summed E-state index contributed by atoms with van der Waals surface area (Å²) in [6, 6.07) is 8.57. The van der Waals surface area contributed by atoms with Crippen molar-refractivity contribution in [3.63, 3.8) is 0 Å². The smallest absolute Gasteiger partial charge is 0.354 e. The summed E-state index contributed by atoms with van der Waals surface area (Å²) in [4.78, 5) is 29.3. The number of carbonyl (C=O) groups is 2. The highest BCUT2D eigenvalue weighted by Crippen LogP contribution is 2.33. The number of anilines is 1. The second kappa shape index (κ2) is 8.54. The van der Waals surface area contributed by atoms with Crippen molar-refractivity contribution >= 4 is 28.8 Å². The molecule has 156 valence electrons. The first-order valence-electron chi connectivity index (χ1n) is 9.12. The van der Waals surface area contributed by atoms with E-state index in [1.165, 1.54) is 17.0 Å². The molecule has 0 radical (unpaired) electrons. The van der Waals surface area contributed by atoms with Gasteiger partial charge in [0, 0.05) is 30.1 Å². The average molecular weight is 425 g/mol. The summed E-state index contributed by atoms with van der Waals surface area (Å²) in [5.41, 5.74) is -0.662. The number of hydrogen-bond donors (Lipinski definition) is 1. The number of amides is 2. The van der Waals surface area contributed by atoms with E-state index < -0.39 is 17.7 Å². The third kappa shape index (κ3) is 4.97. The summed E-state index contributed by atoms with van der Waals surface area (Å²) in [5.74, 6) is -1.22. The van der Waals surface area contributed by atoms with Gasteiger partial charge in [-0.2, -0.15) is 13.2 Å². The topological polar surface area (TPSA) is 52.7 Å². The maximum atomic E-state index is 12.9. The molecule has 1 N–H and O–H groups in total. The molecular formula is C20H22F3N3O2S. The van der Waals surface area contributed by atoms with Crippen LogP contribution in [0.5, 0.6) is 0 Å². The third-order valence-electron chi connectivity index (χ3n) is 4.95. The van der Waals surface area contributed by atoms with E-state index in [0.717, 1.165) is 17.0 Å². The van der Waals surface area contributed by atoms with Gasteiger partial charge in [0.05, 0.1) is 17.5 Å². The molecule has 9 heteroatoms. The SMILES string of the molecule is CN(C)[C@@H](CNC(=O)[C@H]1CC(=O)N(c2cccc(C(F)(F)F)c2)C1)c1cccs1. The molecule has 1 aromatic carbocycles. The molecule has 1 aliphatic rings. The molecule has 1 fully saturated rings. The zero-order valence-corrected chi connectivity index (χ0v) is 16.9. The van der Waals surface area contributed by atoms with E-state index in [4.69, 9.17) is 0 Å². The number of alkyl halides is 3. The maximum Gasteiger partial charge on any atom is 0.416 e. The van der Waals surface area contributed by atoms with Crippen LogP contribution in [0.2, 0.25) is 0 Å². The minimum atomic E-state index is -4.49. The second-order valence-electron chi connectivity index (χ2n) is 7.19. The van der Waals surface area contributed by atoms with E-state index in [9.17, 15) is 22.8 Å². The largest absolute Gasteiger partial charge is 0.416 e. The Bertz CT molecular complexity index is 868. The lowest BCUT2D eigenvalue weighted by atomic mass is 10.1. The van der Waals surface area contributed by atoms with Gasteiger partial charge in [-0.05, 0) is 43.7 Å². The molecule has 0 aliphatic carbocycles. The molecule has 3 rings (SSSR count). The van der Waals surface area contributed by atoms with Gasteiger partial charge in [0.25, 0.3) is 0 Å². The van der Waals surface area contributed by atoms with Crippen molar-refractivity contribution in [1.29, 1.82) is 0 Å². The summed E-state index contributed by atoms with van der Waals surface area (Å²) >= 11 is 1.60. The molecule has 1 saturated heterocycles. The number of hydrogen-bond acceptors (Lipinski definition) is 4. The number of nitrogens with one attached hydrogen (secondary N) is 1. The third-order valence-corrected chi connectivity index (χ3v) is 5.92. The molecule has 5 nitrogen and oxygen atoms in total. The Morgan fingerprint density at radius 1 is 1.31 bits per heavy atom. The second-order valence-corrected chi connectivity index (χ2v) is 8.17. The number of nitrogens with zero attached hydrogens (tertiary/aromatic N) is 2. The lowest BCUT2D eigenvalue weighted by molar-refractivity contribution is -0.137. The molecule has 2 atom stereocenters.